The standard InChI is InChI=1S/C20H16Cl2N2O3/c1-11-7-17(16-5-3-4-6-18(16)23-11)20(26)27-12(2)19(25)24-15-9-13(21)8-14(22)10-15/h3-10,12H,1-2H3,(H,24,25)/t12-/m0/s1. The van der Waals surface area contributed by atoms with Crippen LogP contribution in [0, 0.1) is 6.92 Å². The number of benzene rings is 2. The van der Waals surface area contributed by atoms with E-state index < -0.39 is 18.0 Å². The fraction of sp³-hybridized carbons (Fsp3) is 0.150. The van der Waals surface area contributed by atoms with Crippen LogP contribution in [0.5, 0.6) is 0 Å². The molecule has 1 amide bonds. The molecule has 0 radical (unpaired) electrons. The largest absolute Gasteiger partial charge is 0.449 e. The molecule has 1 aromatic heterocycles. The molecule has 1 N–H and O–H groups in total. The Bertz CT molecular complexity index is 1020. The van der Waals surface area contributed by atoms with Gasteiger partial charge in [0.05, 0.1) is 11.1 Å². The second-order valence-electron chi connectivity index (χ2n) is 6.02. The quantitative estimate of drug-likeness (QED) is 0.621. The average molecular weight is 403 g/mol. The molecule has 0 aliphatic carbocycles. The summed E-state index contributed by atoms with van der Waals surface area (Å²) in [5.41, 5.74) is 2.16. The van der Waals surface area contributed by atoms with Gasteiger partial charge in [-0.1, -0.05) is 41.4 Å². The lowest BCUT2D eigenvalue weighted by Crippen LogP contribution is -2.30. The van der Waals surface area contributed by atoms with Gasteiger partial charge in [0, 0.05) is 26.8 Å². The van der Waals surface area contributed by atoms with Crippen molar-refractivity contribution in [1.29, 1.82) is 0 Å². The summed E-state index contributed by atoms with van der Waals surface area (Å²) in [4.78, 5) is 29.4. The number of carbonyl (C=O) groups excluding carboxylic acids is 2. The van der Waals surface area contributed by atoms with Crippen LogP contribution in [0.1, 0.15) is 23.0 Å². The van der Waals surface area contributed by atoms with Crippen molar-refractivity contribution in [2.45, 2.75) is 20.0 Å². The first-order valence-electron chi connectivity index (χ1n) is 8.18. The maximum absolute atomic E-state index is 12.6. The Hall–Kier alpha value is -2.63. The molecule has 0 saturated carbocycles. The summed E-state index contributed by atoms with van der Waals surface area (Å²) in [5.74, 6) is -1.08. The van der Waals surface area contributed by atoms with Crippen LogP contribution in [-0.2, 0) is 9.53 Å². The number of pyridine rings is 1. The number of hydrogen-bond acceptors (Lipinski definition) is 4. The van der Waals surface area contributed by atoms with Gasteiger partial charge in [-0.15, -0.1) is 0 Å². The van der Waals surface area contributed by atoms with Crippen LogP contribution in [0.15, 0.2) is 48.5 Å². The molecule has 0 fully saturated rings. The summed E-state index contributed by atoms with van der Waals surface area (Å²) in [7, 11) is 0. The van der Waals surface area contributed by atoms with Gasteiger partial charge in [0.1, 0.15) is 0 Å². The molecule has 27 heavy (non-hydrogen) atoms. The van der Waals surface area contributed by atoms with Crippen LogP contribution in [0.25, 0.3) is 10.9 Å². The van der Waals surface area contributed by atoms with E-state index in [4.69, 9.17) is 27.9 Å². The Morgan fingerprint density at radius 2 is 1.74 bits per heavy atom. The number of anilines is 1. The number of fused-ring (bicyclic) bond motifs is 1. The first-order chi connectivity index (χ1) is 12.8. The highest BCUT2D eigenvalue weighted by Gasteiger charge is 2.21. The summed E-state index contributed by atoms with van der Waals surface area (Å²) in [6.45, 7) is 3.29. The molecular weight excluding hydrogens is 387 g/mol. The number of aryl methyl sites for hydroxylation is 1. The molecule has 7 heteroatoms. The summed E-state index contributed by atoms with van der Waals surface area (Å²) in [6, 6.07) is 13.6. The number of rotatable bonds is 4. The number of ether oxygens (including phenoxy) is 1. The van der Waals surface area contributed by atoms with Crippen LogP contribution >= 0.6 is 23.2 Å². The van der Waals surface area contributed by atoms with Crippen LogP contribution in [0.2, 0.25) is 10.0 Å². The summed E-state index contributed by atoms with van der Waals surface area (Å²) < 4.78 is 5.35. The Balaban J connectivity index is 1.76. The molecule has 0 aliphatic rings. The van der Waals surface area contributed by atoms with Gasteiger partial charge in [-0.3, -0.25) is 9.78 Å². The fourth-order valence-electron chi connectivity index (χ4n) is 2.62. The highest BCUT2D eigenvalue weighted by Crippen LogP contribution is 2.23. The SMILES string of the molecule is Cc1cc(C(=O)O[C@@H](C)C(=O)Nc2cc(Cl)cc(Cl)c2)c2ccccc2n1. The van der Waals surface area contributed by atoms with E-state index in [0.717, 1.165) is 0 Å². The number of hydrogen-bond donors (Lipinski definition) is 1. The van der Waals surface area contributed by atoms with E-state index in [-0.39, 0.29) is 0 Å². The Kier molecular flexibility index (Phi) is 5.63. The zero-order chi connectivity index (χ0) is 19.6. The molecule has 5 nitrogen and oxygen atoms in total. The summed E-state index contributed by atoms with van der Waals surface area (Å²) in [6.07, 6.45) is -1.01. The van der Waals surface area contributed by atoms with E-state index >= 15 is 0 Å². The maximum atomic E-state index is 12.6. The predicted molar refractivity (Wildman–Crippen MR) is 106 cm³/mol. The Morgan fingerprint density at radius 1 is 1.07 bits per heavy atom. The zero-order valence-electron chi connectivity index (χ0n) is 14.6. The molecule has 3 aromatic rings. The van der Waals surface area contributed by atoms with Crippen molar-refractivity contribution in [2.75, 3.05) is 5.32 Å². The lowest BCUT2D eigenvalue weighted by Gasteiger charge is -2.15. The van der Waals surface area contributed by atoms with E-state index in [1.54, 1.807) is 37.3 Å². The Labute approximate surface area is 166 Å². The smallest absolute Gasteiger partial charge is 0.339 e. The molecule has 3 rings (SSSR count). The van der Waals surface area contributed by atoms with Crippen molar-refractivity contribution in [3.8, 4) is 0 Å². The van der Waals surface area contributed by atoms with Crippen molar-refractivity contribution < 1.29 is 14.3 Å². The van der Waals surface area contributed by atoms with Gasteiger partial charge in [-0.2, -0.15) is 0 Å². The van der Waals surface area contributed by atoms with Crippen LogP contribution in [-0.4, -0.2) is 23.0 Å². The lowest BCUT2D eigenvalue weighted by atomic mass is 10.1. The van der Waals surface area contributed by atoms with Crippen molar-refractivity contribution in [1.82, 2.24) is 4.98 Å². The molecule has 0 bridgehead atoms. The molecular formula is C20H16Cl2N2O3. The number of esters is 1. The van der Waals surface area contributed by atoms with Gasteiger partial charge in [-0.25, -0.2) is 4.79 Å². The highest BCUT2D eigenvalue weighted by molar-refractivity contribution is 6.35. The minimum atomic E-state index is -1.01. The third-order valence-electron chi connectivity index (χ3n) is 3.85. The van der Waals surface area contributed by atoms with Gasteiger partial charge in [0.2, 0.25) is 0 Å². The molecule has 2 aromatic carbocycles. The van der Waals surface area contributed by atoms with Crippen LogP contribution in [0.3, 0.4) is 0 Å². The number of nitrogens with one attached hydrogen (secondary N) is 1. The van der Waals surface area contributed by atoms with Crippen LogP contribution < -0.4 is 5.32 Å². The Morgan fingerprint density at radius 3 is 2.44 bits per heavy atom. The average Bonchev–Trinajstić information content (AvgIpc) is 2.59. The second-order valence-corrected chi connectivity index (χ2v) is 6.90. The number of aromatic nitrogens is 1. The topological polar surface area (TPSA) is 68.3 Å². The third kappa shape index (κ3) is 4.56. The van der Waals surface area contributed by atoms with E-state index in [9.17, 15) is 9.59 Å². The number of amides is 1. The van der Waals surface area contributed by atoms with E-state index in [2.05, 4.69) is 10.3 Å². The number of nitrogens with zero attached hydrogens (tertiary/aromatic N) is 1. The van der Waals surface area contributed by atoms with Crippen molar-refractivity contribution in [3.05, 3.63) is 69.8 Å². The molecule has 0 aliphatic heterocycles. The molecule has 0 spiro atoms. The van der Waals surface area contributed by atoms with Crippen molar-refractivity contribution >= 4 is 51.7 Å². The lowest BCUT2D eigenvalue weighted by molar-refractivity contribution is -0.123. The van der Waals surface area contributed by atoms with Gasteiger partial charge in [0.25, 0.3) is 5.91 Å². The second kappa shape index (κ2) is 7.94. The van der Waals surface area contributed by atoms with E-state index in [1.165, 1.54) is 6.92 Å². The summed E-state index contributed by atoms with van der Waals surface area (Å²) >= 11 is 11.8. The van der Waals surface area contributed by atoms with Gasteiger partial charge in [-0.05, 0) is 44.2 Å². The monoisotopic (exact) mass is 402 g/mol. The van der Waals surface area contributed by atoms with E-state index in [0.29, 0.717) is 37.9 Å². The fourth-order valence-corrected chi connectivity index (χ4v) is 3.15. The first-order valence-corrected chi connectivity index (χ1v) is 8.93. The van der Waals surface area contributed by atoms with Crippen LogP contribution in [0.4, 0.5) is 5.69 Å². The predicted octanol–water partition coefficient (Wildman–Crippen LogP) is 5.03. The number of para-hydroxylation sites is 1. The maximum Gasteiger partial charge on any atom is 0.339 e. The van der Waals surface area contributed by atoms with Gasteiger partial charge < -0.3 is 10.1 Å². The van der Waals surface area contributed by atoms with Gasteiger partial charge in [0.15, 0.2) is 6.10 Å². The first kappa shape index (κ1) is 19.1. The van der Waals surface area contributed by atoms with Crippen molar-refractivity contribution in [3.63, 3.8) is 0 Å². The third-order valence-corrected chi connectivity index (χ3v) is 4.28. The molecule has 1 heterocycles. The number of carbonyl (C=O) groups is 2. The number of halogens is 2. The minimum absolute atomic E-state index is 0.364. The van der Waals surface area contributed by atoms with Gasteiger partial charge >= 0.3 is 5.97 Å². The molecule has 1 atom stereocenters. The minimum Gasteiger partial charge on any atom is -0.449 e. The zero-order valence-corrected chi connectivity index (χ0v) is 16.1. The molecule has 0 unspecified atom stereocenters. The molecule has 0 saturated heterocycles. The highest BCUT2D eigenvalue weighted by atomic mass is 35.5. The van der Waals surface area contributed by atoms with Crippen molar-refractivity contribution in [2.24, 2.45) is 0 Å². The summed E-state index contributed by atoms with van der Waals surface area (Å²) in [5, 5.41) is 4.08. The molecule has 138 valence electrons. The van der Waals surface area contributed by atoms with E-state index in [1.807, 2.05) is 18.2 Å². The normalized spacial score (nSPS) is 11.9.